The lowest BCUT2D eigenvalue weighted by Crippen LogP contribution is -2.19. The molecule has 0 spiro atoms. The normalized spacial score (nSPS) is 24.6. The highest BCUT2D eigenvalue weighted by atomic mass is 16.5. The van der Waals surface area contributed by atoms with Crippen LogP contribution in [0.25, 0.3) is 0 Å². The first-order chi connectivity index (χ1) is 17.3. The van der Waals surface area contributed by atoms with E-state index in [9.17, 15) is 0 Å². The zero-order valence-electron chi connectivity index (χ0n) is 22.6. The second kappa shape index (κ2) is 16.7. The molecule has 2 nitrogen and oxygen atoms in total. The molecule has 0 radical (unpaired) electrons. The molecule has 0 atom stereocenters. The fraction of sp³-hybridized carbons (Fsp3) is 0.697. The lowest BCUT2D eigenvalue weighted by molar-refractivity contribution is 0.196. The molecule has 0 heterocycles. The number of ether oxygens (including phenoxy) is 2. The summed E-state index contributed by atoms with van der Waals surface area (Å²) in [6, 6.07) is 8.14. The first-order valence-corrected chi connectivity index (χ1v) is 14.8. The van der Waals surface area contributed by atoms with E-state index in [1.54, 1.807) is 0 Å². The minimum atomic E-state index is 0.564. The Morgan fingerprint density at radius 2 is 1.37 bits per heavy atom. The maximum atomic E-state index is 6.08. The standard InChI is InChI=1S/C33H50O2/c1-3-5-7-11-28-14-16-29(17-15-28)12-8-9-13-30-18-20-31(21-19-30)27-35-33-24-22-32(23-25-33)34-26-10-6-4-2/h8,12,22-25,28-31H,3-7,10-11,14-21,26-27H2,1-2H3. The van der Waals surface area contributed by atoms with Crippen molar-refractivity contribution in [2.24, 2.45) is 23.7 Å². The Balaban J connectivity index is 1.26. The van der Waals surface area contributed by atoms with Crippen molar-refractivity contribution in [2.45, 2.75) is 110 Å². The van der Waals surface area contributed by atoms with Gasteiger partial charge in [0.15, 0.2) is 0 Å². The first-order valence-electron chi connectivity index (χ1n) is 14.8. The summed E-state index contributed by atoms with van der Waals surface area (Å²) >= 11 is 0. The largest absolute Gasteiger partial charge is 0.494 e. The third kappa shape index (κ3) is 11.2. The molecule has 0 unspecified atom stereocenters. The third-order valence-electron chi connectivity index (χ3n) is 8.02. The van der Waals surface area contributed by atoms with Gasteiger partial charge in [-0.3, -0.25) is 0 Å². The van der Waals surface area contributed by atoms with Gasteiger partial charge >= 0.3 is 0 Å². The molecule has 2 aliphatic carbocycles. The average Bonchev–Trinajstić information content (AvgIpc) is 2.90. The number of allylic oxidation sites excluding steroid dienone is 2. The van der Waals surface area contributed by atoms with Crippen molar-refractivity contribution in [3.8, 4) is 23.3 Å². The Kier molecular flexibility index (Phi) is 13.2. The summed E-state index contributed by atoms with van der Waals surface area (Å²) in [6.07, 6.45) is 24.2. The Morgan fingerprint density at radius 3 is 2.06 bits per heavy atom. The molecular formula is C33H50O2. The molecule has 2 saturated carbocycles. The molecule has 2 heteroatoms. The highest BCUT2D eigenvalue weighted by Crippen LogP contribution is 2.33. The van der Waals surface area contributed by atoms with Crippen LogP contribution in [0, 0.1) is 35.5 Å². The van der Waals surface area contributed by atoms with Crippen LogP contribution >= 0.6 is 0 Å². The highest BCUT2D eigenvalue weighted by molar-refractivity contribution is 5.31. The molecule has 0 N–H and O–H groups in total. The Morgan fingerprint density at radius 1 is 0.743 bits per heavy atom. The van der Waals surface area contributed by atoms with Gasteiger partial charge < -0.3 is 9.47 Å². The summed E-state index contributed by atoms with van der Waals surface area (Å²) in [4.78, 5) is 0. The van der Waals surface area contributed by atoms with Gasteiger partial charge in [-0.15, -0.1) is 0 Å². The van der Waals surface area contributed by atoms with Crippen LogP contribution in [0.1, 0.15) is 110 Å². The monoisotopic (exact) mass is 478 g/mol. The van der Waals surface area contributed by atoms with E-state index in [2.05, 4.69) is 37.8 Å². The van der Waals surface area contributed by atoms with Crippen LogP contribution in [0.15, 0.2) is 36.4 Å². The number of hydrogen-bond acceptors (Lipinski definition) is 2. The number of benzene rings is 1. The Hall–Kier alpha value is -1.88. The van der Waals surface area contributed by atoms with E-state index >= 15 is 0 Å². The summed E-state index contributed by atoms with van der Waals surface area (Å²) in [5.74, 6) is 11.8. The first kappa shape index (κ1) is 27.7. The topological polar surface area (TPSA) is 18.5 Å². The highest BCUT2D eigenvalue weighted by Gasteiger charge is 2.21. The van der Waals surface area contributed by atoms with Crippen molar-refractivity contribution in [3.63, 3.8) is 0 Å². The number of hydrogen-bond donors (Lipinski definition) is 0. The average molecular weight is 479 g/mol. The predicted molar refractivity (Wildman–Crippen MR) is 149 cm³/mol. The van der Waals surface area contributed by atoms with Crippen molar-refractivity contribution < 1.29 is 9.47 Å². The van der Waals surface area contributed by atoms with Crippen molar-refractivity contribution in [2.75, 3.05) is 13.2 Å². The van der Waals surface area contributed by atoms with E-state index in [-0.39, 0.29) is 0 Å². The minimum Gasteiger partial charge on any atom is -0.494 e. The zero-order valence-corrected chi connectivity index (χ0v) is 22.6. The molecule has 1 aromatic carbocycles. The van der Waals surface area contributed by atoms with Gasteiger partial charge in [0, 0.05) is 5.92 Å². The smallest absolute Gasteiger partial charge is 0.119 e. The fourth-order valence-electron chi connectivity index (χ4n) is 5.56. The van der Waals surface area contributed by atoms with Gasteiger partial charge in [-0.1, -0.05) is 70.3 Å². The van der Waals surface area contributed by atoms with Crippen molar-refractivity contribution in [3.05, 3.63) is 36.4 Å². The summed E-state index contributed by atoms with van der Waals surface area (Å²) in [7, 11) is 0. The predicted octanol–water partition coefficient (Wildman–Crippen LogP) is 9.39. The third-order valence-corrected chi connectivity index (χ3v) is 8.02. The molecule has 0 saturated heterocycles. The van der Waals surface area contributed by atoms with Crippen molar-refractivity contribution in [1.29, 1.82) is 0 Å². The molecule has 0 bridgehead atoms. The van der Waals surface area contributed by atoms with Crippen LogP contribution in [-0.4, -0.2) is 13.2 Å². The van der Waals surface area contributed by atoms with Gasteiger partial charge in [-0.25, -0.2) is 0 Å². The zero-order chi connectivity index (χ0) is 24.6. The van der Waals surface area contributed by atoms with E-state index in [4.69, 9.17) is 9.47 Å². The van der Waals surface area contributed by atoms with Crippen LogP contribution in [0.4, 0.5) is 0 Å². The molecule has 2 fully saturated rings. The van der Waals surface area contributed by atoms with Crippen molar-refractivity contribution >= 4 is 0 Å². The molecule has 2 aliphatic rings. The van der Waals surface area contributed by atoms with Crippen LogP contribution in [0.2, 0.25) is 0 Å². The van der Waals surface area contributed by atoms with Crippen LogP contribution < -0.4 is 9.47 Å². The van der Waals surface area contributed by atoms with Crippen LogP contribution in [0.5, 0.6) is 11.5 Å². The Labute approximate surface area is 216 Å². The van der Waals surface area contributed by atoms with Gasteiger partial charge in [0.2, 0.25) is 0 Å². The second-order valence-corrected chi connectivity index (χ2v) is 11.0. The maximum Gasteiger partial charge on any atom is 0.119 e. The number of rotatable bonds is 13. The Bertz CT molecular complexity index is 753. The number of unbranched alkanes of at least 4 members (excludes halogenated alkanes) is 4. The van der Waals surface area contributed by atoms with Gasteiger partial charge in [0.1, 0.15) is 11.5 Å². The van der Waals surface area contributed by atoms with E-state index < -0.39 is 0 Å². The van der Waals surface area contributed by atoms with Gasteiger partial charge in [0.05, 0.1) is 13.2 Å². The lowest BCUT2D eigenvalue weighted by Gasteiger charge is -2.26. The van der Waals surface area contributed by atoms with Gasteiger partial charge in [-0.2, -0.15) is 0 Å². The van der Waals surface area contributed by atoms with Gasteiger partial charge in [-0.05, 0) is 106 Å². The van der Waals surface area contributed by atoms with E-state index in [1.807, 2.05) is 24.3 Å². The lowest BCUT2D eigenvalue weighted by atomic mass is 9.79. The summed E-state index contributed by atoms with van der Waals surface area (Å²) < 4.78 is 11.9. The SMILES string of the molecule is CCCCCOc1ccc(OCC2CCC(C#CC=CC3CCC(CCCCC)CC3)CC2)cc1. The van der Waals surface area contributed by atoms with Crippen LogP contribution in [-0.2, 0) is 0 Å². The molecule has 35 heavy (non-hydrogen) atoms. The molecular weight excluding hydrogens is 428 g/mol. The molecule has 0 amide bonds. The summed E-state index contributed by atoms with van der Waals surface area (Å²) in [5.41, 5.74) is 0. The van der Waals surface area contributed by atoms with Crippen LogP contribution in [0.3, 0.4) is 0 Å². The van der Waals surface area contributed by atoms with Crippen molar-refractivity contribution in [1.82, 2.24) is 0 Å². The molecule has 1 aromatic rings. The van der Waals surface area contributed by atoms with E-state index in [1.165, 1.54) is 89.9 Å². The van der Waals surface area contributed by atoms with E-state index in [0.717, 1.165) is 43.0 Å². The molecule has 194 valence electrons. The summed E-state index contributed by atoms with van der Waals surface area (Å²) in [5, 5.41) is 0. The minimum absolute atomic E-state index is 0.564. The van der Waals surface area contributed by atoms with Gasteiger partial charge in [0.25, 0.3) is 0 Å². The van der Waals surface area contributed by atoms with E-state index in [0.29, 0.717) is 11.8 Å². The molecule has 0 aromatic heterocycles. The molecule has 0 aliphatic heterocycles. The second-order valence-electron chi connectivity index (χ2n) is 11.0. The summed E-state index contributed by atoms with van der Waals surface area (Å²) in [6.45, 7) is 6.13. The molecule has 3 rings (SSSR count). The fourth-order valence-corrected chi connectivity index (χ4v) is 5.56. The maximum absolute atomic E-state index is 6.08. The quantitative estimate of drug-likeness (QED) is 0.208.